The summed E-state index contributed by atoms with van der Waals surface area (Å²) in [5.74, 6) is -11.9. The number of amides is 10. The highest BCUT2D eigenvalue weighted by atomic mass is 32.1. The van der Waals surface area contributed by atoms with Crippen molar-refractivity contribution < 1.29 is 72.9 Å². The number of aromatic hydroxyl groups is 1. The number of benzene rings is 3. The molecule has 16 N–H and O–H groups in total. The van der Waals surface area contributed by atoms with Gasteiger partial charge in [-0.25, -0.2) is 9.78 Å². The number of fused-ring (bicyclic) bond motifs is 1. The lowest BCUT2D eigenvalue weighted by Gasteiger charge is -2.30. The van der Waals surface area contributed by atoms with Crippen molar-refractivity contribution in [3.05, 3.63) is 120 Å². The van der Waals surface area contributed by atoms with Gasteiger partial charge < -0.3 is 83.8 Å². The molecule has 5 aromatic rings. The van der Waals surface area contributed by atoms with E-state index in [1.54, 1.807) is 74.6 Å². The predicted octanol–water partition coefficient (Wildman–Crippen LogP) is -1.34. The minimum absolute atomic E-state index is 0.0465. The number of thiol groups is 2. The third kappa shape index (κ3) is 21.0. The minimum atomic E-state index is -1.47. The zero-order valence-electron chi connectivity index (χ0n) is 50.7. The number of para-hydroxylation sites is 1. The monoisotopic (exact) mass is 1310 g/mol. The topological polar surface area (TPSA) is 448 Å². The lowest BCUT2D eigenvalue weighted by molar-refractivity contribution is -0.142. The first-order valence-electron chi connectivity index (χ1n) is 29.6. The van der Waals surface area contributed by atoms with Crippen molar-refractivity contribution >= 4 is 107 Å². The minimum Gasteiger partial charge on any atom is -0.508 e. The summed E-state index contributed by atoms with van der Waals surface area (Å²) in [6.07, 6.45) is 3.33. The number of carboxylic acids is 2. The zero-order chi connectivity index (χ0) is 67.2. The van der Waals surface area contributed by atoms with E-state index in [2.05, 4.69) is 88.1 Å². The van der Waals surface area contributed by atoms with Gasteiger partial charge in [0.15, 0.2) is 0 Å². The Morgan fingerprint density at radius 3 is 1.77 bits per heavy atom. The molecule has 3 aromatic carbocycles. The number of nitrogens with two attached hydrogens (primary N) is 1. The van der Waals surface area contributed by atoms with Crippen LogP contribution in [-0.2, 0) is 83.2 Å². The van der Waals surface area contributed by atoms with Gasteiger partial charge in [0.05, 0.1) is 18.9 Å². The summed E-state index contributed by atoms with van der Waals surface area (Å²) in [6, 6.07) is 7.96. The highest BCUT2D eigenvalue weighted by Crippen LogP contribution is 2.23. The number of nitrogens with zero attached hydrogens (tertiary/aromatic N) is 2. The van der Waals surface area contributed by atoms with Gasteiger partial charge in [0, 0.05) is 79.1 Å². The number of imidazole rings is 1. The molecule has 494 valence electrons. The molecule has 29 nitrogen and oxygen atoms in total. The van der Waals surface area contributed by atoms with Crippen LogP contribution in [0.15, 0.2) is 97.6 Å². The molecule has 0 radical (unpaired) electrons. The van der Waals surface area contributed by atoms with Crippen molar-refractivity contribution in [1.29, 1.82) is 0 Å². The number of nitrogens with one attached hydrogen (secondary N) is 11. The van der Waals surface area contributed by atoms with Gasteiger partial charge in [-0.3, -0.25) is 52.7 Å². The van der Waals surface area contributed by atoms with Crippen LogP contribution in [0.1, 0.15) is 68.8 Å². The average Bonchev–Trinajstić information content (AvgIpc) is 1.71. The smallest absolute Gasteiger partial charge is 0.327 e. The molecular weight excluding hydrogens is 1230 g/mol. The van der Waals surface area contributed by atoms with Crippen LogP contribution in [-0.4, -0.2) is 191 Å². The maximum atomic E-state index is 14.5. The van der Waals surface area contributed by atoms with Gasteiger partial charge in [0.1, 0.15) is 60.1 Å². The standard InChI is InChI=1S/C61H78N14O15S2/c1-32(2)51(62)59(87)69-41(19-20-50(78)79)53(81)70-43(22-34-10-5-4-6-11-34)55(83)71-42(23-35-15-17-38(76)18-16-35)54(82)67-33(3)60(88)75-21-9-14-48(75)58(86)72-44(24-36-26-64-40-13-8-7-12-39(36)40)56(84)73-46(29-91)52(80)65-28-49(77)68-45(25-37-27-63-31-66-37)57(85)74-47(30-92)61(89)90/h4-8,10-13,15-18,26-27,31-33,41-48,51,64,76,91-92H,9,14,19-25,28-30,62H2,1-3H3,(H,63,66)(H,65,80)(H,67,82)(H,68,77)(H,69,87)(H,70,81)(H,71,83)(H,72,86)(H,73,84)(H,74,85)(H,78,79)(H,89,90). The molecule has 10 amide bonds. The molecule has 31 heteroatoms. The summed E-state index contributed by atoms with van der Waals surface area (Å²) in [5.41, 5.74) is 8.80. The fourth-order valence-electron chi connectivity index (χ4n) is 10.00. The molecule has 3 heterocycles. The first kappa shape index (κ1) is 71.6. The number of carbonyl (C=O) groups excluding carboxylic acids is 10. The number of likely N-dealkylation sites (tertiary alicyclic amines) is 1. The van der Waals surface area contributed by atoms with E-state index in [0.717, 1.165) is 0 Å². The number of hydrogen-bond acceptors (Lipinski definition) is 17. The van der Waals surface area contributed by atoms with Gasteiger partial charge in [0.2, 0.25) is 59.1 Å². The van der Waals surface area contributed by atoms with Crippen molar-refractivity contribution in [2.45, 2.75) is 133 Å². The Labute approximate surface area is 539 Å². The highest BCUT2D eigenvalue weighted by Gasteiger charge is 2.40. The van der Waals surface area contributed by atoms with Crippen LogP contribution in [0.25, 0.3) is 10.9 Å². The summed E-state index contributed by atoms with van der Waals surface area (Å²) >= 11 is 8.26. The summed E-state index contributed by atoms with van der Waals surface area (Å²) in [7, 11) is 0. The van der Waals surface area contributed by atoms with Crippen LogP contribution < -0.4 is 53.6 Å². The lowest BCUT2D eigenvalue weighted by atomic mass is 10.0. The summed E-state index contributed by atoms with van der Waals surface area (Å²) < 4.78 is 0. The maximum Gasteiger partial charge on any atom is 0.327 e. The van der Waals surface area contributed by atoms with Crippen molar-refractivity contribution in [2.75, 3.05) is 24.6 Å². The number of aromatic nitrogens is 3. The fraction of sp³-hybridized carbons (Fsp3) is 0.426. The molecule has 10 atom stereocenters. The van der Waals surface area contributed by atoms with E-state index in [0.29, 0.717) is 39.7 Å². The maximum absolute atomic E-state index is 14.5. The van der Waals surface area contributed by atoms with E-state index >= 15 is 0 Å². The number of carbonyl (C=O) groups is 12. The Morgan fingerprint density at radius 2 is 1.17 bits per heavy atom. The number of rotatable bonds is 34. The Balaban J connectivity index is 1.17. The second-order valence-electron chi connectivity index (χ2n) is 22.4. The van der Waals surface area contributed by atoms with Gasteiger partial charge in [-0.15, -0.1) is 0 Å². The van der Waals surface area contributed by atoms with E-state index in [1.807, 2.05) is 0 Å². The normalized spacial score (nSPS) is 15.8. The third-order valence-corrected chi connectivity index (χ3v) is 15.9. The molecule has 2 aromatic heterocycles. The third-order valence-electron chi connectivity index (χ3n) is 15.2. The fourth-order valence-corrected chi connectivity index (χ4v) is 10.5. The Bertz CT molecular complexity index is 3410. The molecule has 6 rings (SSSR count). The molecule has 1 fully saturated rings. The first-order chi connectivity index (χ1) is 43.8. The van der Waals surface area contributed by atoms with Crippen LogP contribution >= 0.6 is 25.3 Å². The summed E-state index contributed by atoms with van der Waals surface area (Å²) in [4.78, 5) is 174. The van der Waals surface area contributed by atoms with E-state index in [9.17, 15) is 72.9 Å². The average molecular weight is 1310 g/mol. The molecule has 1 aliphatic heterocycles. The van der Waals surface area contributed by atoms with Crippen LogP contribution in [0.4, 0.5) is 0 Å². The van der Waals surface area contributed by atoms with Crippen molar-refractivity contribution in [3.8, 4) is 5.75 Å². The van der Waals surface area contributed by atoms with E-state index in [-0.39, 0.29) is 68.2 Å². The SMILES string of the molecule is CC(NC(=O)C(Cc1ccc(O)cc1)NC(=O)C(Cc1ccccc1)NC(=O)C(CCC(=O)O)NC(=O)C(N)C(C)C)C(=O)N1CCCC1C(=O)NC(Cc1c[nH]c2ccccc12)C(=O)NC(CS)C(=O)NCC(=O)NC(Cc1cnc[nH]1)C(=O)NC(CS)C(=O)O. The molecule has 1 aliphatic rings. The van der Waals surface area contributed by atoms with Crippen LogP contribution in [0.2, 0.25) is 0 Å². The molecule has 92 heavy (non-hydrogen) atoms. The number of carboxylic acid groups (broad SMARTS) is 2. The molecule has 0 saturated carbocycles. The number of H-pyrrole nitrogens is 2. The van der Waals surface area contributed by atoms with Crippen molar-refractivity contribution in [3.63, 3.8) is 0 Å². The first-order valence-corrected chi connectivity index (χ1v) is 30.9. The Kier molecular flexibility index (Phi) is 26.9. The number of aromatic amines is 2. The van der Waals surface area contributed by atoms with Crippen molar-refractivity contribution in [2.24, 2.45) is 11.7 Å². The van der Waals surface area contributed by atoms with E-state index < -0.39 is 144 Å². The van der Waals surface area contributed by atoms with Gasteiger partial charge in [-0.05, 0) is 67.0 Å². The number of hydrogen-bond donors (Lipinski definition) is 17. The summed E-state index contributed by atoms with van der Waals surface area (Å²) in [5, 5.41) is 52.8. The molecule has 0 spiro atoms. The molecule has 0 aliphatic carbocycles. The second kappa shape index (κ2) is 34.6. The van der Waals surface area contributed by atoms with Gasteiger partial charge in [-0.2, -0.15) is 25.3 Å². The molecular formula is C61H78N14O15S2. The lowest BCUT2D eigenvalue weighted by Crippen LogP contribution is -2.60. The van der Waals surface area contributed by atoms with Gasteiger partial charge in [-0.1, -0.05) is 74.5 Å². The Hall–Kier alpha value is -9.49. The second-order valence-corrected chi connectivity index (χ2v) is 23.2. The van der Waals surface area contributed by atoms with Crippen LogP contribution in [0, 0.1) is 5.92 Å². The number of phenols is 1. The van der Waals surface area contributed by atoms with Crippen LogP contribution in [0.3, 0.4) is 0 Å². The van der Waals surface area contributed by atoms with Gasteiger partial charge in [0.25, 0.3) is 0 Å². The highest BCUT2D eigenvalue weighted by molar-refractivity contribution is 7.80. The molecule has 10 unspecified atom stereocenters. The number of phenolic OH excluding ortho intramolecular Hbond substituents is 1. The van der Waals surface area contributed by atoms with Gasteiger partial charge >= 0.3 is 11.9 Å². The summed E-state index contributed by atoms with van der Waals surface area (Å²) in [6.45, 7) is 4.08. The zero-order valence-corrected chi connectivity index (χ0v) is 52.5. The predicted molar refractivity (Wildman–Crippen MR) is 340 cm³/mol. The van der Waals surface area contributed by atoms with E-state index in [4.69, 9.17) is 5.73 Å². The molecule has 0 bridgehead atoms. The Morgan fingerprint density at radius 1 is 0.620 bits per heavy atom. The quantitative estimate of drug-likeness (QED) is 0.0212. The number of aliphatic carboxylic acids is 2. The van der Waals surface area contributed by atoms with Crippen molar-refractivity contribution in [1.82, 2.24) is 67.7 Å². The van der Waals surface area contributed by atoms with E-state index in [1.165, 1.54) is 48.6 Å². The molecule has 1 saturated heterocycles. The largest absolute Gasteiger partial charge is 0.508 e. The van der Waals surface area contributed by atoms with Crippen LogP contribution in [0.5, 0.6) is 5.75 Å².